The zero-order chi connectivity index (χ0) is 21.5. The fourth-order valence-corrected chi connectivity index (χ4v) is 3.88. The van der Waals surface area contributed by atoms with E-state index in [2.05, 4.69) is 17.1 Å². The number of hydrogen-bond acceptors (Lipinski definition) is 5. The van der Waals surface area contributed by atoms with Gasteiger partial charge in [0.1, 0.15) is 11.9 Å². The Morgan fingerprint density at radius 2 is 2.03 bits per heavy atom. The summed E-state index contributed by atoms with van der Waals surface area (Å²) in [6.45, 7) is 1.95. The monoisotopic (exact) mass is 442 g/mol. The Morgan fingerprint density at radius 3 is 2.77 bits per heavy atom. The van der Waals surface area contributed by atoms with E-state index in [0.717, 1.165) is 24.2 Å². The minimum absolute atomic E-state index is 0.137. The van der Waals surface area contributed by atoms with E-state index in [9.17, 15) is 0 Å². The molecule has 0 aliphatic carbocycles. The van der Waals surface area contributed by atoms with Crippen molar-refractivity contribution in [1.29, 1.82) is 0 Å². The molecule has 0 saturated carbocycles. The van der Waals surface area contributed by atoms with Gasteiger partial charge in [-0.15, -0.1) is 0 Å². The molecule has 164 valence electrons. The van der Waals surface area contributed by atoms with Gasteiger partial charge in [-0.3, -0.25) is 0 Å². The third-order valence-electron chi connectivity index (χ3n) is 5.37. The van der Waals surface area contributed by atoms with Gasteiger partial charge in [-0.05, 0) is 35.7 Å². The molecular weight excluding hydrogens is 416 g/mol. The van der Waals surface area contributed by atoms with E-state index in [1.54, 1.807) is 19.6 Å². The SMILES string of the molecule is COc1ccc(CCC2(Cn3ccnc3)OCC(COCc3ccccc3Cl)O2)cc1. The molecule has 0 bridgehead atoms. The summed E-state index contributed by atoms with van der Waals surface area (Å²) in [4.78, 5) is 4.14. The van der Waals surface area contributed by atoms with Crippen molar-refractivity contribution in [3.05, 3.63) is 83.4 Å². The Hall–Kier alpha value is -2.38. The van der Waals surface area contributed by atoms with E-state index in [1.165, 1.54) is 5.56 Å². The highest BCUT2D eigenvalue weighted by Crippen LogP contribution is 2.31. The molecule has 6 nitrogen and oxygen atoms in total. The largest absolute Gasteiger partial charge is 0.497 e. The molecule has 0 amide bonds. The highest BCUT2D eigenvalue weighted by molar-refractivity contribution is 6.31. The van der Waals surface area contributed by atoms with Gasteiger partial charge in [-0.25, -0.2) is 4.98 Å². The average Bonchev–Trinajstić information content (AvgIpc) is 3.45. The summed E-state index contributed by atoms with van der Waals surface area (Å²) in [6.07, 6.45) is 6.87. The van der Waals surface area contributed by atoms with Crippen LogP contribution in [0.3, 0.4) is 0 Å². The van der Waals surface area contributed by atoms with Crippen LogP contribution in [0.15, 0.2) is 67.3 Å². The van der Waals surface area contributed by atoms with Crippen LogP contribution in [0.4, 0.5) is 0 Å². The predicted molar refractivity (Wildman–Crippen MR) is 118 cm³/mol. The molecule has 2 atom stereocenters. The first-order chi connectivity index (χ1) is 15.2. The number of hydrogen-bond donors (Lipinski definition) is 0. The van der Waals surface area contributed by atoms with Crippen LogP contribution >= 0.6 is 11.6 Å². The van der Waals surface area contributed by atoms with Crippen molar-refractivity contribution >= 4 is 11.6 Å². The lowest BCUT2D eigenvalue weighted by Crippen LogP contribution is -2.37. The topological polar surface area (TPSA) is 54.7 Å². The van der Waals surface area contributed by atoms with E-state index in [0.29, 0.717) is 31.4 Å². The van der Waals surface area contributed by atoms with Crippen LogP contribution in [0, 0.1) is 0 Å². The number of rotatable bonds is 10. The zero-order valence-electron chi connectivity index (χ0n) is 17.6. The van der Waals surface area contributed by atoms with E-state index in [-0.39, 0.29) is 6.10 Å². The summed E-state index contributed by atoms with van der Waals surface area (Å²) in [6, 6.07) is 15.8. The maximum Gasteiger partial charge on any atom is 0.187 e. The standard InChI is InChI=1S/C24H27ClN2O4/c1-28-21-8-6-19(7-9-21)10-11-24(17-27-13-12-26-18-27)30-16-22(31-24)15-29-14-20-4-2-3-5-23(20)25/h2-9,12-13,18,22H,10-11,14-17H2,1H3. The summed E-state index contributed by atoms with van der Waals surface area (Å²) in [5, 5.41) is 0.708. The predicted octanol–water partition coefficient (Wildman–Crippen LogP) is 4.51. The van der Waals surface area contributed by atoms with Crippen molar-refractivity contribution in [2.45, 2.75) is 37.9 Å². The molecule has 0 N–H and O–H groups in total. The van der Waals surface area contributed by atoms with Crippen molar-refractivity contribution in [3.63, 3.8) is 0 Å². The van der Waals surface area contributed by atoms with Crippen LogP contribution in [0.1, 0.15) is 17.5 Å². The maximum atomic E-state index is 6.40. The molecule has 1 aliphatic rings. The Morgan fingerprint density at radius 1 is 1.19 bits per heavy atom. The van der Waals surface area contributed by atoms with Gasteiger partial charge in [0.2, 0.25) is 0 Å². The molecule has 2 aromatic carbocycles. The van der Waals surface area contributed by atoms with Crippen molar-refractivity contribution in [2.75, 3.05) is 20.3 Å². The molecule has 1 fully saturated rings. The summed E-state index contributed by atoms with van der Waals surface area (Å²) in [5.41, 5.74) is 2.17. The fourth-order valence-electron chi connectivity index (χ4n) is 3.69. The van der Waals surface area contributed by atoms with Crippen molar-refractivity contribution in [1.82, 2.24) is 9.55 Å². The molecular formula is C24H27ClN2O4. The first-order valence-electron chi connectivity index (χ1n) is 10.4. The summed E-state index contributed by atoms with van der Waals surface area (Å²) < 4.78 is 25.7. The second-order valence-corrected chi connectivity index (χ2v) is 8.06. The van der Waals surface area contributed by atoms with E-state index in [1.807, 2.05) is 47.2 Å². The van der Waals surface area contributed by atoms with Gasteiger partial charge in [0.05, 0.1) is 39.8 Å². The number of ether oxygens (including phenoxy) is 4. The molecule has 1 saturated heterocycles. The molecule has 2 heterocycles. The molecule has 3 aromatic rings. The average molecular weight is 443 g/mol. The minimum Gasteiger partial charge on any atom is -0.497 e. The summed E-state index contributed by atoms with van der Waals surface area (Å²) in [5.74, 6) is 0.125. The molecule has 31 heavy (non-hydrogen) atoms. The third-order valence-corrected chi connectivity index (χ3v) is 5.74. The highest BCUT2D eigenvalue weighted by Gasteiger charge is 2.41. The summed E-state index contributed by atoms with van der Waals surface area (Å²) >= 11 is 6.21. The number of imidazole rings is 1. The number of aromatic nitrogens is 2. The lowest BCUT2D eigenvalue weighted by Gasteiger charge is -2.28. The van der Waals surface area contributed by atoms with Crippen LogP contribution in [0.25, 0.3) is 0 Å². The van der Waals surface area contributed by atoms with Crippen LogP contribution < -0.4 is 4.74 Å². The Balaban J connectivity index is 1.36. The van der Waals surface area contributed by atoms with Gasteiger partial charge < -0.3 is 23.5 Å². The van der Waals surface area contributed by atoms with Crippen LogP contribution in [-0.2, 0) is 33.8 Å². The summed E-state index contributed by atoms with van der Waals surface area (Å²) in [7, 11) is 1.67. The number of methoxy groups -OCH3 is 1. The van der Waals surface area contributed by atoms with Crippen LogP contribution in [-0.4, -0.2) is 41.8 Å². The van der Waals surface area contributed by atoms with Gasteiger partial charge in [0, 0.05) is 23.8 Å². The molecule has 0 radical (unpaired) electrons. The smallest absolute Gasteiger partial charge is 0.187 e. The van der Waals surface area contributed by atoms with E-state index >= 15 is 0 Å². The molecule has 7 heteroatoms. The second kappa shape index (κ2) is 10.3. The minimum atomic E-state index is -0.723. The van der Waals surface area contributed by atoms with Crippen LogP contribution in [0.2, 0.25) is 5.02 Å². The normalized spacial score (nSPS) is 20.8. The first-order valence-corrected chi connectivity index (χ1v) is 10.8. The van der Waals surface area contributed by atoms with E-state index < -0.39 is 5.79 Å². The number of nitrogens with zero attached hydrogens (tertiary/aromatic N) is 2. The molecule has 1 aromatic heterocycles. The van der Waals surface area contributed by atoms with Gasteiger partial charge in [-0.2, -0.15) is 0 Å². The van der Waals surface area contributed by atoms with Crippen molar-refractivity contribution in [3.8, 4) is 5.75 Å². The van der Waals surface area contributed by atoms with Crippen LogP contribution in [0.5, 0.6) is 5.75 Å². The quantitative estimate of drug-likeness (QED) is 0.462. The molecule has 2 unspecified atom stereocenters. The van der Waals surface area contributed by atoms with Crippen molar-refractivity contribution in [2.24, 2.45) is 0 Å². The zero-order valence-corrected chi connectivity index (χ0v) is 18.3. The molecule has 0 spiro atoms. The van der Waals surface area contributed by atoms with E-state index in [4.69, 9.17) is 30.5 Å². The van der Waals surface area contributed by atoms with Gasteiger partial charge in [-0.1, -0.05) is 41.9 Å². The highest BCUT2D eigenvalue weighted by atomic mass is 35.5. The number of halogens is 1. The fraction of sp³-hybridized carbons (Fsp3) is 0.375. The molecule has 1 aliphatic heterocycles. The lowest BCUT2D eigenvalue weighted by molar-refractivity contribution is -0.187. The molecule has 4 rings (SSSR count). The lowest BCUT2D eigenvalue weighted by atomic mass is 10.0. The Bertz CT molecular complexity index is 948. The second-order valence-electron chi connectivity index (χ2n) is 7.65. The Kier molecular flexibility index (Phi) is 7.25. The van der Waals surface area contributed by atoms with Gasteiger partial charge in [0.15, 0.2) is 5.79 Å². The first kappa shape index (κ1) is 21.8. The van der Waals surface area contributed by atoms with Crippen molar-refractivity contribution < 1.29 is 18.9 Å². The van der Waals surface area contributed by atoms with Gasteiger partial charge in [0.25, 0.3) is 0 Å². The Labute approximate surface area is 187 Å². The van der Waals surface area contributed by atoms with Gasteiger partial charge >= 0.3 is 0 Å². The third kappa shape index (κ3) is 5.86. The maximum absolute atomic E-state index is 6.40. The number of aryl methyl sites for hydroxylation is 1. The number of benzene rings is 2.